The number of hydrogen-bond acceptors (Lipinski definition) is 17. The van der Waals surface area contributed by atoms with Crippen LogP contribution in [0.1, 0.15) is 40.0 Å². The molecule has 0 aromatic rings. The number of aliphatic carboxylic acids is 3. The van der Waals surface area contributed by atoms with Crippen molar-refractivity contribution in [3.8, 4) is 0 Å². The molecule has 0 bridgehead atoms. The van der Waals surface area contributed by atoms with Gasteiger partial charge in [-0.25, -0.2) is 4.79 Å². The number of carboxylic acid groups (broad SMARTS) is 3. The van der Waals surface area contributed by atoms with Crippen LogP contribution in [-0.4, -0.2) is 139 Å². The third kappa shape index (κ3) is 7.97. The van der Waals surface area contributed by atoms with Gasteiger partial charge < -0.3 is 68.8 Å². The third-order valence-corrected chi connectivity index (χ3v) is 8.16. The van der Waals surface area contributed by atoms with Gasteiger partial charge in [0.1, 0.15) is 53.5 Å². The number of ether oxygens (including phenoxy) is 2. The molecule has 0 spiro atoms. The molecule has 12 atom stereocenters. The van der Waals surface area contributed by atoms with E-state index in [0.29, 0.717) is 6.92 Å². The van der Waals surface area contributed by atoms with Crippen molar-refractivity contribution >= 4 is 41.0 Å². The Kier molecular flexibility index (Phi) is 14.2. The van der Waals surface area contributed by atoms with Crippen molar-refractivity contribution in [3.63, 3.8) is 0 Å². The number of aliphatic hydroxyl groups excluding tert-OH is 3. The molecular weight excluding hydrogens is 622 g/mol. The minimum atomic E-state index is -3.60. The smallest absolute Gasteiger partial charge is 0.333 e. The first-order valence-electron chi connectivity index (χ1n) is 13.9. The zero-order chi connectivity index (χ0) is 36.1. The molecule has 0 aromatic heterocycles. The van der Waals surface area contributed by atoms with Crippen molar-refractivity contribution in [3.05, 3.63) is 0 Å². The second-order valence-corrected chi connectivity index (χ2v) is 11.3. The lowest BCUT2D eigenvalue weighted by atomic mass is 9.56. The number of aliphatic hydroxyl groups is 3. The van der Waals surface area contributed by atoms with Gasteiger partial charge >= 0.3 is 17.9 Å². The highest BCUT2D eigenvalue weighted by atomic mass is 16.6. The Labute approximate surface area is 262 Å². The van der Waals surface area contributed by atoms with Crippen LogP contribution >= 0.6 is 0 Å². The van der Waals surface area contributed by atoms with Gasteiger partial charge in [-0.3, -0.25) is 28.8 Å². The first-order valence-corrected chi connectivity index (χ1v) is 13.9. The first-order chi connectivity index (χ1) is 21.0. The highest BCUT2D eigenvalue weighted by Gasteiger charge is 2.68. The van der Waals surface area contributed by atoms with E-state index in [1.807, 2.05) is 0 Å². The number of Topliss-reactive ketones (excluding diaryl/α,β-unsaturated/α-hetero) is 4. The molecule has 5 unspecified atom stereocenters. The van der Waals surface area contributed by atoms with Crippen molar-refractivity contribution in [2.75, 3.05) is 6.61 Å². The van der Waals surface area contributed by atoms with Crippen LogP contribution in [0.3, 0.4) is 0 Å². The molecule has 1 heterocycles. The van der Waals surface area contributed by atoms with Crippen molar-refractivity contribution in [2.24, 2.45) is 40.0 Å². The standard InChI is InChI=1S/C26H43N5O15/c1-8(27)19(36)26(31,24(43)44)25(10(3)33,6-11(15(29)22(40)41)13(34)5-4-12(28)21(38)39)20(37)9(2)45-18-16(30)23(42)46-14(7-32)17(18)35/h8-9,11-12,14-18,23,32,35,42H,4-7,27-31H2,1-3H3,(H,38,39)(H,40,41)(H,43,44)/t8-,9?,11?,12-,14+,15?,16+,17+,18+,23-,25?,26?/m0/s1. The van der Waals surface area contributed by atoms with Gasteiger partial charge in [-0.15, -0.1) is 0 Å². The van der Waals surface area contributed by atoms with Gasteiger partial charge in [0.25, 0.3) is 0 Å². The summed E-state index contributed by atoms with van der Waals surface area (Å²) >= 11 is 0. The number of carbonyl (C=O) groups excluding carboxylic acids is 4. The molecule has 1 aliphatic heterocycles. The van der Waals surface area contributed by atoms with Crippen LogP contribution in [0.15, 0.2) is 0 Å². The molecular formula is C26H43N5O15. The van der Waals surface area contributed by atoms with Crippen molar-refractivity contribution < 1.29 is 73.7 Å². The SMILES string of the molecule is CC(=O)C(CC(C(=O)CC[C@H](N)C(=O)O)C(N)C(=O)O)(C(=O)C(C)O[C@@H]1[C@@H](N)[C@@H](O)O[C@H](CO)[C@H]1O)C(N)(C(=O)O)C(=O)[C@H](C)N. The maximum Gasteiger partial charge on any atom is 0.333 e. The highest BCUT2D eigenvalue weighted by molar-refractivity contribution is 6.23. The second-order valence-electron chi connectivity index (χ2n) is 11.3. The predicted molar refractivity (Wildman–Crippen MR) is 151 cm³/mol. The number of nitrogens with two attached hydrogens (primary N) is 5. The molecule has 1 aliphatic rings. The molecule has 262 valence electrons. The van der Waals surface area contributed by atoms with Crippen molar-refractivity contribution in [1.82, 2.24) is 0 Å². The van der Waals surface area contributed by atoms with Gasteiger partial charge in [0.2, 0.25) is 0 Å². The lowest BCUT2D eigenvalue weighted by Gasteiger charge is -2.46. The van der Waals surface area contributed by atoms with Gasteiger partial charge in [0.05, 0.1) is 18.7 Å². The summed E-state index contributed by atoms with van der Waals surface area (Å²) in [7, 11) is 0. The molecule has 20 nitrogen and oxygen atoms in total. The summed E-state index contributed by atoms with van der Waals surface area (Å²) in [5, 5.41) is 59.3. The maximum absolute atomic E-state index is 14.4. The van der Waals surface area contributed by atoms with Crippen LogP contribution in [-0.2, 0) is 43.0 Å². The fourth-order valence-electron chi connectivity index (χ4n) is 5.38. The number of carboxylic acids is 3. The van der Waals surface area contributed by atoms with Gasteiger partial charge in [-0.05, 0) is 33.6 Å². The summed E-state index contributed by atoms with van der Waals surface area (Å²) < 4.78 is 10.5. The fourth-order valence-corrected chi connectivity index (χ4v) is 5.38. The zero-order valence-corrected chi connectivity index (χ0v) is 25.3. The molecule has 0 saturated carbocycles. The summed E-state index contributed by atoms with van der Waals surface area (Å²) in [4.78, 5) is 90.7. The van der Waals surface area contributed by atoms with E-state index in [-0.39, 0.29) is 0 Å². The normalized spacial score (nSPS) is 27.5. The van der Waals surface area contributed by atoms with Crippen LogP contribution in [0.25, 0.3) is 0 Å². The molecule has 46 heavy (non-hydrogen) atoms. The molecule has 1 fully saturated rings. The summed E-state index contributed by atoms with van der Waals surface area (Å²) in [5.41, 5.74) is 21.9. The Balaban J connectivity index is 3.98. The lowest BCUT2D eigenvalue weighted by Crippen LogP contribution is -2.75. The summed E-state index contributed by atoms with van der Waals surface area (Å²) in [6, 6.07) is -7.23. The molecule has 0 amide bonds. The molecule has 1 saturated heterocycles. The van der Waals surface area contributed by atoms with Gasteiger partial charge in [-0.1, -0.05) is 0 Å². The molecule has 0 radical (unpaired) electrons. The number of hydrogen-bond donors (Lipinski definition) is 11. The van der Waals surface area contributed by atoms with E-state index in [0.717, 1.165) is 13.8 Å². The van der Waals surface area contributed by atoms with Crippen molar-refractivity contribution in [2.45, 2.75) is 100 Å². The quantitative estimate of drug-likeness (QED) is 0.0572. The van der Waals surface area contributed by atoms with Crippen LogP contribution in [0.5, 0.6) is 0 Å². The Morgan fingerprint density at radius 3 is 1.89 bits per heavy atom. The second kappa shape index (κ2) is 16.0. The highest BCUT2D eigenvalue weighted by Crippen LogP contribution is 2.43. The van der Waals surface area contributed by atoms with Crippen LogP contribution in [0, 0.1) is 11.3 Å². The Bertz CT molecular complexity index is 1200. The minimum Gasteiger partial charge on any atom is -0.480 e. The molecule has 20 heteroatoms. The topological polar surface area (TPSA) is 389 Å². The zero-order valence-electron chi connectivity index (χ0n) is 25.3. The average Bonchev–Trinajstić information content (AvgIpc) is 2.98. The fraction of sp³-hybridized carbons (Fsp3) is 0.731. The van der Waals surface area contributed by atoms with Gasteiger partial charge in [-0.2, -0.15) is 0 Å². The summed E-state index contributed by atoms with van der Waals surface area (Å²) in [6.45, 7) is 1.68. The van der Waals surface area contributed by atoms with Gasteiger partial charge in [0, 0.05) is 12.3 Å². The molecule has 16 N–H and O–H groups in total. The van der Waals surface area contributed by atoms with E-state index < -0.39 is 139 Å². The van der Waals surface area contributed by atoms with E-state index in [4.69, 9.17) is 43.2 Å². The summed E-state index contributed by atoms with van der Waals surface area (Å²) in [6.07, 6.45) is -11.7. The van der Waals surface area contributed by atoms with Crippen molar-refractivity contribution in [1.29, 1.82) is 0 Å². The molecule has 0 aliphatic carbocycles. The minimum absolute atomic E-state index is 0.573. The van der Waals surface area contributed by atoms with E-state index >= 15 is 0 Å². The van der Waals surface area contributed by atoms with Crippen LogP contribution < -0.4 is 28.7 Å². The number of ketones is 4. The monoisotopic (exact) mass is 665 g/mol. The van der Waals surface area contributed by atoms with E-state index in [2.05, 4.69) is 0 Å². The average molecular weight is 666 g/mol. The first kappa shape index (κ1) is 40.7. The van der Waals surface area contributed by atoms with Crippen LogP contribution in [0.4, 0.5) is 0 Å². The van der Waals surface area contributed by atoms with E-state index in [1.54, 1.807) is 0 Å². The Morgan fingerprint density at radius 1 is 0.935 bits per heavy atom. The Morgan fingerprint density at radius 2 is 1.48 bits per heavy atom. The summed E-state index contributed by atoms with van der Waals surface area (Å²) in [5.74, 6) is -13.7. The van der Waals surface area contributed by atoms with E-state index in [9.17, 15) is 59.1 Å². The largest absolute Gasteiger partial charge is 0.480 e. The Hall–Kier alpha value is -3.31. The molecule has 1 rings (SSSR count). The lowest BCUT2D eigenvalue weighted by molar-refractivity contribution is -0.262. The molecule has 0 aromatic carbocycles. The van der Waals surface area contributed by atoms with E-state index in [1.165, 1.54) is 0 Å². The van der Waals surface area contributed by atoms with Gasteiger partial charge in [0.15, 0.2) is 23.4 Å². The number of rotatable bonds is 19. The number of carbonyl (C=O) groups is 7. The maximum atomic E-state index is 14.4. The predicted octanol–water partition coefficient (Wildman–Crippen LogP) is -5.82. The third-order valence-electron chi connectivity index (χ3n) is 8.16. The van der Waals surface area contributed by atoms with Crippen LogP contribution in [0.2, 0.25) is 0 Å².